The van der Waals surface area contributed by atoms with Crippen molar-refractivity contribution in [3.63, 3.8) is 0 Å². The molecule has 126 valence electrons. The molecule has 1 aromatic carbocycles. The van der Waals surface area contributed by atoms with Gasteiger partial charge >= 0.3 is 0 Å². The van der Waals surface area contributed by atoms with E-state index >= 15 is 0 Å². The zero-order chi connectivity index (χ0) is 16.7. The van der Waals surface area contributed by atoms with Crippen LogP contribution in [0.5, 0.6) is 0 Å². The maximum Gasteiger partial charge on any atom is 0.0952 e. The van der Waals surface area contributed by atoms with Crippen molar-refractivity contribution in [1.29, 1.82) is 0 Å². The number of aliphatic hydroxyl groups excluding tert-OH is 2. The largest absolute Gasteiger partial charge is 0.392 e. The van der Waals surface area contributed by atoms with E-state index in [-0.39, 0.29) is 12.6 Å². The number of hydrogen-bond donors (Lipinski definition) is 2. The van der Waals surface area contributed by atoms with Gasteiger partial charge in [-0.25, -0.2) is 0 Å². The lowest BCUT2D eigenvalue weighted by Gasteiger charge is -2.50. The quantitative estimate of drug-likeness (QED) is 0.849. The van der Waals surface area contributed by atoms with Gasteiger partial charge in [-0.1, -0.05) is 12.1 Å². The Kier molecular flexibility index (Phi) is 4.12. The van der Waals surface area contributed by atoms with E-state index in [1.807, 2.05) is 24.3 Å². The number of aliphatic hydroxyl groups is 2. The van der Waals surface area contributed by atoms with Gasteiger partial charge in [0, 0.05) is 24.2 Å². The van der Waals surface area contributed by atoms with Crippen molar-refractivity contribution >= 4 is 10.9 Å². The van der Waals surface area contributed by atoms with Crippen LogP contribution in [-0.4, -0.2) is 39.2 Å². The summed E-state index contributed by atoms with van der Waals surface area (Å²) >= 11 is 0. The molecule has 3 aliphatic rings. The molecule has 0 aliphatic carbocycles. The topological polar surface area (TPSA) is 56.6 Å². The predicted octanol–water partition coefficient (Wildman–Crippen LogP) is 2.66. The van der Waals surface area contributed by atoms with Gasteiger partial charge in [-0.15, -0.1) is 6.58 Å². The molecule has 1 aromatic heterocycles. The fraction of sp³-hybridized carbons (Fsp3) is 0.450. The number of fused-ring (bicyclic) bond motifs is 4. The summed E-state index contributed by atoms with van der Waals surface area (Å²) in [6.45, 7) is 6.03. The minimum atomic E-state index is -0.530. The highest BCUT2D eigenvalue weighted by molar-refractivity contribution is 5.83. The van der Waals surface area contributed by atoms with Gasteiger partial charge in [0.25, 0.3) is 0 Å². The van der Waals surface area contributed by atoms with Crippen LogP contribution in [0, 0.1) is 11.8 Å². The molecule has 3 aliphatic heterocycles. The van der Waals surface area contributed by atoms with E-state index < -0.39 is 6.10 Å². The highest BCUT2D eigenvalue weighted by Gasteiger charge is 2.42. The molecule has 4 nitrogen and oxygen atoms in total. The maximum atomic E-state index is 11.1. The summed E-state index contributed by atoms with van der Waals surface area (Å²) in [6.07, 6.45) is 5.53. The zero-order valence-corrected chi connectivity index (χ0v) is 13.8. The highest BCUT2D eigenvalue weighted by atomic mass is 16.3. The van der Waals surface area contributed by atoms with Crippen molar-refractivity contribution in [3.8, 4) is 0 Å². The van der Waals surface area contributed by atoms with Gasteiger partial charge in [-0.3, -0.25) is 9.88 Å². The number of aromatic nitrogens is 1. The van der Waals surface area contributed by atoms with Crippen LogP contribution in [0.15, 0.2) is 43.1 Å². The van der Waals surface area contributed by atoms with Crippen LogP contribution < -0.4 is 0 Å². The zero-order valence-electron chi connectivity index (χ0n) is 13.8. The highest BCUT2D eigenvalue weighted by Crippen LogP contribution is 2.42. The molecule has 4 heterocycles. The van der Waals surface area contributed by atoms with Crippen LogP contribution in [-0.2, 0) is 6.61 Å². The summed E-state index contributed by atoms with van der Waals surface area (Å²) in [4.78, 5) is 6.81. The van der Waals surface area contributed by atoms with Gasteiger partial charge in [-0.05, 0) is 60.5 Å². The molecule has 5 atom stereocenters. The molecule has 1 unspecified atom stereocenters. The van der Waals surface area contributed by atoms with Gasteiger partial charge in [0.1, 0.15) is 0 Å². The first-order chi connectivity index (χ1) is 11.7. The molecule has 2 bridgehead atoms. The summed E-state index contributed by atoms with van der Waals surface area (Å²) < 4.78 is 0. The van der Waals surface area contributed by atoms with E-state index in [4.69, 9.17) is 0 Å². The maximum absolute atomic E-state index is 11.1. The van der Waals surface area contributed by atoms with Crippen LogP contribution >= 0.6 is 0 Å². The number of piperidine rings is 3. The van der Waals surface area contributed by atoms with Crippen molar-refractivity contribution < 1.29 is 10.2 Å². The predicted molar refractivity (Wildman–Crippen MR) is 94.4 cm³/mol. The molecule has 0 spiro atoms. The Labute approximate surface area is 142 Å². The smallest absolute Gasteiger partial charge is 0.0952 e. The second kappa shape index (κ2) is 6.28. The first-order valence-corrected chi connectivity index (χ1v) is 8.74. The standard InChI is InChI=1S/C20H24N2O2/c1-2-14-11-22-8-6-15(14)10-19(22)20(24)16-5-7-21-18-4-3-13(12-23)9-17(16)18/h2-5,7,9,14-15,19-20,23-24H,1,6,8,10-12H2/t14-,15?,19+,20+/m0/s1. The van der Waals surface area contributed by atoms with Crippen LogP contribution in [0.2, 0.25) is 0 Å². The molecule has 4 heteroatoms. The average Bonchev–Trinajstić information content (AvgIpc) is 2.66. The lowest BCUT2D eigenvalue weighted by atomic mass is 9.73. The Morgan fingerprint density at radius 2 is 2.25 bits per heavy atom. The summed E-state index contributed by atoms with van der Waals surface area (Å²) in [7, 11) is 0. The van der Waals surface area contributed by atoms with Crippen LogP contribution in [0.25, 0.3) is 10.9 Å². The monoisotopic (exact) mass is 324 g/mol. The third-order valence-corrected chi connectivity index (χ3v) is 5.86. The van der Waals surface area contributed by atoms with Crippen LogP contribution in [0.1, 0.15) is 30.1 Å². The van der Waals surface area contributed by atoms with Crippen molar-refractivity contribution in [3.05, 3.63) is 54.2 Å². The van der Waals surface area contributed by atoms with E-state index in [2.05, 4.69) is 22.5 Å². The first-order valence-electron chi connectivity index (χ1n) is 8.74. The van der Waals surface area contributed by atoms with Gasteiger partial charge in [0.05, 0.1) is 18.2 Å². The Balaban J connectivity index is 1.69. The third-order valence-electron chi connectivity index (χ3n) is 5.86. The fourth-order valence-electron chi connectivity index (χ4n) is 4.48. The molecular formula is C20H24N2O2. The van der Waals surface area contributed by atoms with E-state index in [9.17, 15) is 10.2 Å². The molecule has 2 N–H and O–H groups in total. The second-order valence-electron chi connectivity index (χ2n) is 7.10. The normalized spacial score (nSPS) is 30.4. The molecule has 0 saturated carbocycles. The Morgan fingerprint density at radius 1 is 1.38 bits per heavy atom. The van der Waals surface area contributed by atoms with Gasteiger partial charge in [0.2, 0.25) is 0 Å². The number of rotatable bonds is 4. The van der Waals surface area contributed by atoms with Gasteiger partial charge < -0.3 is 10.2 Å². The molecule has 0 radical (unpaired) electrons. The molecule has 3 saturated heterocycles. The number of benzene rings is 1. The van der Waals surface area contributed by atoms with Crippen LogP contribution in [0.4, 0.5) is 0 Å². The van der Waals surface area contributed by atoms with E-state index in [1.54, 1.807) is 6.20 Å². The van der Waals surface area contributed by atoms with Crippen molar-refractivity contribution in [2.24, 2.45) is 11.8 Å². The average molecular weight is 324 g/mol. The summed E-state index contributed by atoms with van der Waals surface area (Å²) in [5.74, 6) is 1.19. The lowest BCUT2D eigenvalue weighted by molar-refractivity contribution is -0.0444. The molecular weight excluding hydrogens is 300 g/mol. The van der Waals surface area contributed by atoms with Gasteiger partial charge in [0.15, 0.2) is 0 Å². The van der Waals surface area contributed by atoms with Crippen LogP contribution in [0.3, 0.4) is 0 Å². The van der Waals surface area contributed by atoms with Crippen molar-refractivity contribution in [2.45, 2.75) is 31.6 Å². The van der Waals surface area contributed by atoms with E-state index in [0.29, 0.717) is 11.8 Å². The molecule has 2 aromatic rings. The first kappa shape index (κ1) is 15.8. The van der Waals surface area contributed by atoms with Crippen molar-refractivity contribution in [1.82, 2.24) is 9.88 Å². The summed E-state index contributed by atoms with van der Waals surface area (Å²) in [5.41, 5.74) is 2.63. The minimum absolute atomic E-state index is 0.000980. The molecule has 5 rings (SSSR count). The molecule has 3 fully saturated rings. The fourth-order valence-corrected chi connectivity index (χ4v) is 4.48. The summed E-state index contributed by atoms with van der Waals surface area (Å²) in [5, 5.41) is 21.5. The second-order valence-corrected chi connectivity index (χ2v) is 7.10. The number of pyridine rings is 1. The minimum Gasteiger partial charge on any atom is -0.392 e. The molecule has 0 amide bonds. The number of hydrogen-bond acceptors (Lipinski definition) is 4. The Hall–Kier alpha value is -1.75. The third kappa shape index (κ3) is 2.55. The van der Waals surface area contributed by atoms with Crippen molar-refractivity contribution in [2.75, 3.05) is 13.1 Å². The summed E-state index contributed by atoms with van der Waals surface area (Å²) in [6, 6.07) is 7.82. The number of nitrogens with zero attached hydrogens (tertiary/aromatic N) is 2. The van der Waals surface area contributed by atoms with E-state index in [1.165, 1.54) is 6.42 Å². The Morgan fingerprint density at radius 3 is 2.96 bits per heavy atom. The Bertz CT molecular complexity index is 760. The van der Waals surface area contributed by atoms with E-state index in [0.717, 1.165) is 41.5 Å². The molecule has 24 heavy (non-hydrogen) atoms. The van der Waals surface area contributed by atoms with Gasteiger partial charge in [-0.2, -0.15) is 0 Å². The SMILES string of the molecule is C=C[C@H]1C[N@@]2CCC1C[C@@H]2[C@H](O)c1ccnc2ccc(CO)cc12. The lowest BCUT2D eigenvalue weighted by Crippen LogP contribution is -2.54.